The molecule has 17 heavy (non-hydrogen) atoms. The van der Waals surface area contributed by atoms with E-state index >= 15 is 0 Å². The molecule has 1 aliphatic heterocycles. The molecule has 0 atom stereocenters. The Morgan fingerprint density at radius 1 is 1.24 bits per heavy atom. The van der Waals surface area contributed by atoms with Gasteiger partial charge in [-0.3, -0.25) is 0 Å². The molecular formula is C12H26N2O2S. The molecule has 5 heteroatoms. The first-order valence-corrected chi connectivity index (χ1v) is 8.28. The number of nitrogens with zero attached hydrogens (tertiary/aromatic N) is 1. The van der Waals surface area contributed by atoms with Gasteiger partial charge in [0.05, 0.1) is 5.75 Å². The summed E-state index contributed by atoms with van der Waals surface area (Å²) in [6, 6.07) is 0. The van der Waals surface area contributed by atoms with Crippen LogP contribution in [-0.2, 0) is 10.0 Å². The molecule has 1 fully saturated rings. The number of unbranched alkanes of at least 4 members (excludes halogenated alkanes) is 1. The third-order valence-corrected chi connectivity index (χ3v) is 6.06. The SMILES string of the molecule is CCC1(CC)CCN(S(=O)(=O)CCCCN)C1. The fraction of sp³-hybridized carbons (Fsp3) is 1.00. The van der Waals surface area contributed by atoms with Gasteiger partial charge in [-0.2, -0.15) is 0 Å². The lowest BCUT2D eigenvalue weighted by molar-refractivity contribution is 0.279. The maximum atomic E-state index is 12.1. The summed E-state index contributed by atoms with van der Waals surface area (Å²) in [5.74, 6) is 0.258. The average molecular weight is 262 g/mol. The molecule has 0 amide bonds. The molecule has 0 aliphatic carbocycles. The van der Waals surface area contributed by atoms with Crippen LogP contribution in [0, 0.1) is 5.41 Å². The van der Waals surface area contributed by atoms with Gasteiger partial charge < -0.3 is 5.73 Å². The Hall–Kier alpha value is -0.130. The predicted octanol–water partition coefficient (Wildman–Crippen LogP) is 1.57. The minimum atomic E-state index is -3.05. The summed E-state index contributed by atoms with van der Waals surface area (Å²) >= 11 is 0. The molecule has 102 valence electrons. The predicted molar refractivity (Wildman–Crippen MR) is 71.3 cm³/mol. The Bertz CT molecular complexity index is 323. The van der Waals surface area contributed by atoms with Gasteiger partial charge in [-0.05, 0) is 44.1 Å². The minimum absolute atomic E-state index is 0.223. The van der Waals surface area contributed by atoms with Crippen molar-refractivity contribution in [1.29, 1.82) is 0 Å². The quantitative estimate of drug-likeness (QED) is 0.708. The van der Waals surface area contributed by atoms with Gasteiger partial charge in [-0.1, -0.05) is 13.8 Å². The van der Waals surface area contributed by atoms with E-state index in [1.807, 2.05) is 0 Å². The van der Waals surface area contributed by atoms with Crippen molar-refractivity contribution < 1.29 is 8.42 Å². The van der Waals surface area contributed by atoms with Gasteiger partial charge in [0, 0.05) is 13.1 Å². The Balaban J connectivity index is 2.57. The van der Waals surface area contributed by atoms with Gasteiger partial charge in [-0.25, -0.2) is 12.7 Å². The van der Waals surface area contributed by atoms with Gasteiger partial charge >= 0.3 is 0 Å². The van der Waals surface area contributed by atoms with Crippen molar-refractivity contribution in [1.82, 2.24) is 4.31 Å². The third kappa shape index (κ3) is 3.66. The van der Waals surface area contributed by atoms with Crippen molar-refractivity contribution >= 4 is 10.0 Å². The first-order chi connectivity index (χ1) is 7.99. The van der Waals surface area contributed by atoms with E-state index in [2.05, 4.69) is 13.8 Å². The summed E-state index contributed by atoms with van der Waals surface area (Å²) in [4.78, 5) is 0. The Morgan fingerprint density at radius 2 is 1.88 bits per heavy atom. The fourth-order valence-electron chi connectivity index (χ4n) is 2.52. The first-order valence-electron chi connectivity index (χ1n) is 6.67. The van der Waals surface area contributed by atoms with Crippen molar-refractivity contribution in [2.75, 3.05) is 25.4 Å². The van der Waals surface area contributed by atoms with Crippen molar-refractivity contribution in [3.63, 3.8) is 0 Å². The highest BCUT2D eigenvalue weighted by molar-refractivity contribution is 7.89. The monoisotopic (exact) mass is 262 g/mol. The number of hydrogen-bond acceptors (Lipinski definition) is 3. The van der Waals surface area contributed by atoms with E-state index in [0.717, 1.165) is 25.7 Å². The van der Waals surface area contributed by atoms with E-state index in [9.17, 15) is 8.42 Å². The van der Waals surface area contributed by atoms with Crippen LogP contribution in [0.5, 0.6) is 0 Å². The van der Waals surface area contributed by atoms with Crippen LogP contribution in [0.1, 0.15) is 46.0 Å². The third-order valence-electron chi connectivity index (χ3n) is 4.15. The highest BCUT2D eigenvalue weighted by Gasteiger charge is 2.39. The maximum Gasteiger partial charge on any atom is 0.214 e. The maximum absolute atomic E-state index is 12.1. The van der Waals surface area contributed by atoms with Crippen molar-refractivity contribution in [3.8, 4) is 0 Å². The van der Waals surface area contributed by atoms with Crippen LogP contribution in [-0.4, -0.2) is 38.1 Å². The summed E-state index contributed by atoms with van der Waals surface area (Å²) in [5, 5.41) is 0. The lowest BCUT2D eigenvalue weighted by Gasteiger charge is -2.26. The van der Waals surface area contributed by atoms with E-state index in [1.165, 1.54) is 0 Å². The molecule has 2 N–H and O–H groups in total. The van der Waals surface area contributed by atoms with E-state index in [1.54, 1.807) is 4.31 Å². The first kappa shape index (κ1) is 14.9. The van der Waals surface area contributed by atoms with Crippen LogP contribution in [0.15, 0.2) is 0 Å². The lowest BCUT2D eigenvalue weighted by Crippen LogP contribution is -2.33. The highest BCUT2D eigenvalue weighted by atomic mass is 32.2. The molecule has 0 saturated carbocycles. The smallest absolute Gasteiger partial charge is 0.214 e. The number of rotatable bonds is 7. The molecular weight excluding hydrogens is 236 g/mol. The summed E-state index contributed by atoms with van der Waals surface area (Å²) in [6.07, 6.45) is 4.62. The summed E-state index contributed by atoms with van der Waals surface area (Å²) in [7, 11) is -3.05. The second kappa shape index (κ2) is 6.16. The summed E-state index contributed by atoms with van der Waals surface area (Å²) in [6.45, 7) is 6.31. The van der Waals surface area contributed by atoms with Crippen LogP contribution in [0.4, 0.5) is 0 Å². The zero-order chi connectivity index (χ0) is 12.9. The minimum Gasteiger partial charge on any atom is -0.330 e. The molecule has 1 heterocycles. The molecule has 1 aliphatic rings. The number of sulfonamides is 1. The van der Waals surface area contributed by atoms with Gasteiger partial charge in [0.1, 0.15) is 0 Å². The van der Waals surface area contributed by atoms with Crippen LogP contribution in [0.3, 0.4) is 0 Å². The fourth-order valence-corrected chi connectivity index (χ4v) is 4.18. The number of nitrogens with two attached hydrogens (primary N) is 1. The van der Waals surface area contributed by atoms with E-state index in [4.69, 9.17) is 5.73 Å². The summed E-state index contributed by atoms with van der Waals surface area (Å²) < 4.78 is 25.9. The molecule has 0 spiro atoms. The number of hydrogen-bond donors (Lipinski definition) is 1. The molecule has 0 aromatic rings. The van der Waals surface area contributed by atoms with Crippen molar-refractivity contribution in [3.05, 3.63) is 0 Å². The Labute approximate surface area is 106 Å². The molecule has 1 rings (SSSR count). The van der Waals surface area contributed by atoms with Crippen molar-refractivity contribution in [2.24, 2.45) is 11.1 Å². The molecule has 0 aromatic heterocycles. The van der Waals surface area contributed by atoms with Gasteiger partial charge in [0.2, 0.25) is 10.0 Å². The van der Waals surface area contributed by atoms with Gasteiger partial charge in [0.25, 0.3) is 0 Å². The molecule has 0 radical (unpaired) electrons. The zero-order valence-corrected chi connectivity index (χ0v) is 11.9. The van der Waals surface area contributed by atoms with Crippen LogP contribution in [0.25, 0.3) is 0 Å². The summed E-state index contributed by atoms with van der Waals surface area (Å²) in [5.41, 5.74) is 5.61. The van der Waals surface area contributed by atoms with Crippen LogP contribution in [0.2, 0.25) is 0 Å². The highest BCUT2D eigenvalue weighted by Crippen LogP contribution is 2.38. The van der Waals surface area contributed by atoms with Gasteiger partial charge in [-0.15, -0.1) is 0 Å². The van der Waals surface area contributed by atoms with Gasteiger partial charge in [0.15, 0.2) is 0 Å². The second-order valence-electron chi connectivity index (χ2n) is 5.10. The largest absolute Gasteiger partial charge is 0.330 e. The zero-order valence-electron chi connectivity index (χ0n) is 11.1. The topological polar surface area (TPSA) is 63.4 Å². The Kier molecular flexibility index (Phi) is 5.41. The lowest BCUT2D eigenvalue weighted by atomic mass is 9.82. The van der Waals surface area contributed by atoms with Crippen molar-refractivity contribution in [2.45, 2.75) is 46.0 Å². The van der Waals surface area contributed by atoms with Crippen LogP contribution >= 0.6 is 0 Å². The normalized spacial score (nSPS) is 20.9. The van der Waals surface area contributed by atoms with E-state index in [-0.39, 0.29) is 11.2 Å². The van der Waals surface area contributed by atoms with E-state index in [0.29, 0.717) is 26.1 Å². The molecule has 0 bridgehead atoms. The van der Waals surface area contributed by atoms with E-state index < -0.39 is 10.0 Å². The van der Waals surface area contributed by atoms with Crippen LogP contribution < -0.4 is 5.73 Å². The second-order valence-corrected chi connectivity index (χ2v) is 7.19. The molecule has 1 saturated heterocycles. The molecule has 0 aromatic carbocycles. The standard InChI is InChI=1S/C12H26N2O2S/c1-3-12(4-2)7-9-14(11-12)17(15,16)10-6-5-8-13/h3-11,13H2,1-2H3. The average Bonchev–Trinajstić information content (AvgIpc) is 2.75. The Morgan fingerprint density at radius 3 is 2.35 bits per heavy atom. The molecule has 4 nitrogen and oxygen atoms in total. The molecule has 0 unspecified atom stereocenters.